The second-order valence-electron chi connectivity index (χ2n) is 6.92. The number of aliphatic imine (C=N–C) groups is 2. The molecule has 4 nitrogen and oxygen atoms in total. The van der Waals surface area contributed by atoms with Crippen LogP contribution >= 0.6 is 0 Å². The maximum Gasteiger partial charge on any atom is 0.188 e. The molecule has 0 aromatic carbocycles. The summed E-state index contributed by atoms with van der Waals surface area (Å²) in [5.41, 5.74) is 0.205. The lowest BCUT2D eigenvalue weighted by molar-refractivity contribution is 0.242. The minimum atomic E-state index is 0. The van der Waals surface area contributed by atoms with E-state index in [1.807, 2.05) is 0 Å². The summed E-state index contributed by atoms with van der Waals surface area (Å²) in [4.78, 5) is 8.50. The molecule has 0 amide bonds. The predicted molar refractivity (Wildman–Crippen MR) is 93.5 cm³/mol. The molecule has 0 spiro atoms. The van der Waals surface area contributed by atoms with Gasteiger partial charge in [0.2, 0.25) is 0 Å². The van der Waals surface area contributed by atoms with Crippen molar-refractivity contribution in [3.8, 4) is 0 Å². The Balaban J connectivity index is 0. The molecule has 0 N–H and O–H groups in total. The van der Waals surface area contributed by atoms with E-state index < -0.39 is 0 Å². The maximum atomic E-state index is 5.39. The van der Waals surface area contributed by atoms with E-state index in [9.17, 15) is 0 Å². The molecule has 126 valence electrons. The van der Waals surface area contributed by atoms with Crippen LogP contribution in [0.15, 0.2) is 9.98 Å². The Kier molecular flexibility index (Phi) is 9.59. The Labute approximate surface area is 132 Å². The zero-order valence-electron chi connectivity index (χ0n) is 13.2. The highest BCUT2D eigenvalue weighted by Crippen LogP contribution is 2.19. The standard InChI is InChI=1S/C8H15NO.C7H13NO.2CH4/c1-8(2,3)7-9-5-4-6-10-7;1-7(2,3)6-8-4-5-9-6;;/h4-6H2,1-3H3;4-5H2,1-3H3;2*1H4. The highest BCUT2D eigenvalue weighted by Gasteiger charge is 2.23. The molecule has 4 heteroatoms. The summed E-state index contributed by atoms with van der Waals surface area (Å²) in [5, 5.41) is 0. The van der Waals surface area contributed by atoms with Crippen LogP contribution in [0.2, 0.25) is 0 Å². The van der Waals surface area contributed by atoms with Gasteiger partial charge in [-0.3, -0.25) is 9.98 Å². The fraction of sp³-hybridized carbons (Fsp3) is 0.882. The fourth-order valence-electron chi connectivity index (χ4n) is 1.70. The van der Waals surface area contributed by atoms with Crippen molar-refractivity contribution in [1.82, 2.24) is 0 Å². The van der Waals surface area contributed by atoms with Gasteiger partial charge in [-0.25, -0.2) is 0 Å². The van der Waals surface area contributed by atoms with E-state index in [4.69, 9.17) is 9.47 Å². The number of nitrogens with zero attached hydrogens (tertiary/aromatic N) is 2. The second-order valence-corrected chi connectivity index (χ2v) is 6.92. The van der Waals surface area contributed by atoms with E-state index >= 15 is 0 Å². The van der Waals surface area contributed by atoms with Crippen LogP contribution in [0.25, 0.3) is 0 Å². The molecule has 0 radical (unpaired) electrons. The molecular formula is C17H36N2O2. The topological polar surface area (TPSA) is 43.2 Å². The number of ether oxygens (including phenoxy) is 2. The Morgan fingerprint density at radius 2 is 1.14 bits per heavy atom. The third-order valence-electron chi connectivity index (χ3n) is 2.67. The summed E-state index contributed by atoms with van der Waals surface area (Å²) in [6.45, 7) is 16.1. The monoisotopic (exact) mass is 300 g/mol. The minimum Gasteiger partial charge on any atom is -0.481 e. The molecule has 21 heavy (non-hydrogen) atoms. The third-order valence-corrected chi connectivity index (χ3v) is 2.67. The van der Waals surface area contributed by atoms with E-state index in [1.54, 1.807) is 0 Å². The van der Waals surface area contributed by atoms with Crippen LogP contribution < -0.4 is 0 Å². The first kappa shape index (κ1) is 22.2. The van der Waals surface area contributed by atoms with Crippen molar-refractivity contribution in [2.24, 2.45) is 20.8 Å². The zero-order chi connectivity index (χ0) is 14.5. The lowest BCUT2D eigenvalue weighted by Gasteiger charge is -2.24. The van der Waals surface area contributed by atoms with Crippen LogP contribution in [0.3, 0.4) is 0 Å². The molecule has 2 rings (SSSR count). The van der Waals surface area contributed by atoms with Crippen molar-refractivity contribution in [1.29, 1.82) is 0 Å². The van der Waals surface area contributed by atoms with Crippen molar-refractivity contribution in [2.75, 3.05) is 26.3 Å². The number of hydrogen-bond donors (Lipinski definition) is 0. The van der Waals surface area contributed by atoms with E-state index in [0.29, 0.717) is 0 Å². The first-order valence-electron chi connectivity index (χ1n) is 7.07. The Morgan fingerprint density at radius 1 is 0.714 bits per heavy atom. The van der Waals surface area contributed by atoms with E-state index in [1.165, 1.54) is 0 Å². The molecule has 0 bridgehead atoms. The van der Waals surface area contributed by atoms with Gasteiger partial charge in [0, 0.05) is 23.8 Å². The van der Waals surface area contributed by atoms with E-state index in [0.717, 1.165) is 44.5 Å². The van der Waals surface area contributed by atoms with Gasteiger partial charge in [0.05, 0.1) is 13.2 Å². The number of rotatable bonds is 0. The summed E-state index contributed by atoms with van der Waals surface area (Å²) in [7, 11) is 0. The molecule has 0 aromatic rings. The average molecular weight is 300 g/mol. The SMILES string of the molecule is C.C.CC(C)(C)C1=NCCCO1.CC(C)(C)C1=NCCO1. The second kappa shape index (κ2) is 9.06. The molecule has 0 saturated heterocycles. The summed E-state index contributed by atoms with van der Waals surface area (Å²) in [6, 6.07) is 0. The lowest BCUT2D eigenvalue weighted by Crippen LogP contribution is -2.27. The van der Waals surface area contributed by atoms with Crippen LogP contribution in [-0.4, -0.2) is 38.1 Å². The van der Waals surface area contributed by atoms with Crippen molar-refractivity contribution >= 4 is 11.8 Å². The summed E-state index contributed by atoms with van der Waals surface area (Å²) in [5.74, 6) is 1.82. The average Bonchev–Trinajstić information content (AvgIpc) is 2.83. The molecule has 0 aliphatic carbocycles. The van der Waals surface area contributed by atoms with Crippen LogP contribution in [0.4, 0.5) is 0 Å². The summed E-state index contributed by atoms with van der Waals surface area (Å²) >= 11 is 0. The first-order chi connectivity index (χ1) is 8.71. The molecular weight excluding hydrogens is 264 g/mol. The smallest absolute Gasteiger partial charge is 0.188 e. The predicted octanol–water partition coefficient (Wildman–Crippen LogP) is 4.58. The Bertz CT molecular complexity index is 347. The quantitative estimate of drug-likeness (QED) is 0.657. The molecule has 2 aliphatic rings. The Morgan fingerprint density at radius 3 is 1.33 bits per heavy atom. The van der Waals surface area contributed by atoms with Gasteiger partial charge >= 0.3 is 0 Å². The Hall–Kier alpha value is -1.06. The van der Waals surface area contributed by atoms with Crippen molar-refractivity contribution in [3.63, 3.8) is 0 Å². The van der Waals surface area contributed by atoms with E-state index in [2.05, 4.69) is 51.5 Å². The molecule has 2 aliphatic heterocycles. The van der Waals surface area contributed by atoms with Crippen molar-refractivity contribution in [3.05, 3.63) is 0 Å². The summed E-state index contributed by atoms with van der Waals surface area (Å²) < 4.78 is 10.7. The van der Waals surface area contributed by atoms with Crippen molar-refractivity contribution in [2.45, 2.75) is 62.8 Å². The minimum absolute atomic E-state index is 0. The molecule has 0 unspecified atom stereocenters. The van der Waals surface area contributed by atoms with Crippen LogP contribution in [0.5, 0.6) is 0 Å². The zero-order valence-corrected chi connectivity index (χ0v) is 13.2. The van der Waals surface area contributed by atoms with Gasteiger partial charge in [0.15, 0.2) is 11.8 Å². The molecule has 0 fully saturated rings. The highest BCUT2D eigenvalue weighted by atomic mass is 16.5. The van der Waals surface area contributed by atoms with Gasteiger partial charge in [-0.1, -0.05) is 56.4 Å². The largest absolute Gasteiger partial charge is 0.481 e. The third kappa shape index (κ3) is 8.08. The molecule has 0 atom stereocenters. The molecule has 0 saturated carbocycles. The first-order valence-corrected chi connectivity index (χ1v) is 7.07. The normalized spacial score (nSPS) is 17.6. The number of hydrogen-bond acceptors (Lipinski definition) is 4. The highest BCUT2D eigenvalue weighted by molar-refractivity contribution is 5.82. The summed E-state index contributed by atoms with van der Waals surface area (Å²) in [6.07, 6.45) is 1.07. The van der Waals surface area contributed by atoms with Crippen molar-refractivity contribution < 1.29 is 9.47 Å². The van der Waals surface area contributed by atoms with E-state index in [-0.39, 0.29) is 25.7 Å². The fourth-order valence-corrected chi connectivity index (χ4v) is 1.70. The molecule has 0 aromatic heterocycles. The maximum absolute atomic E-state index is 5.39. The van der Waals surface area contributed by atoms with Gasteiger partial charge in [-0.15, -0.1) is 0 Å². The van der Waals surface area contributed by atoms with Gasteiger partial charge in [-0.05, 0) is 0 Å². The van der Waals surface area contributed by atoms with Crippen LogP contribution in [0, 0.1) is 10.8 Å². The van der Waals surface area contributed by atoms with Gasteiger partial charge in [0.25, 0.3) is 0 Å². The van der Waals surface area contributed by atoms with Crippen LogP contribution in [-0.2, 0) is 9.47 Å². The van der Waals surface area contributed by atoms with Gasteiger partial charge in [-0.2, -0.15) is 0 Å². The lowest BCUT2D eigenvalue weighted by atomic mass is 9.96. The van der Waals surface area contributed by atoms with Gasteiger partial charge < -0.3 is 9.47 Å². The molecule has 2 heterocycles. The van der Waals surface area contributed by atoms with Gasteiger partial charge in [0.1, 0.15) is 6.61 Å². The van der Waals surface area contributed by atoms with Crippen LogP contribution in [0.1, 0.15) is 62.8 Å².